The maximum atomic E-state index is 5.90. The van der Waals surface area contributed by atoms with E-state index in [1.54, 1.807) is 0 Å². The third-order valence-corrected chi connectivity index (χ3v) is 7.57. The second-order valence-corrected chi connectivity index (χ2v) is 10.8. The van der Waals surface area contributed by atoms with Crippen molar-refractivity contribution in [1.29, 1.82) is 0 Å². The Labute approximate surface area is 251 Å². The van der Waals surface area contributed by atoms with Crippen LogP contribution in [0.2, 0.25) is 0 Å². The van der Waals surface area contributed by atoms with Gasteiger partial charge in [-0.2, -0.15) is 0 Å². The van der Waals surface area contributed by atoms with E-state index in [4.69, 9.17) is 9.47 Å². The predicted octanol–water partition coefficient (Wildman–Crippen LogP) is 4.04. The molecule has 0 amide bonds. The Balaban J connectivity index is 1.13. The Morgan fingerprint density at radius 1 is 0.476 bits per heavy atom. The van der Waals surface area contributed by atoms with Crippen molar-refractivity contribution in [2.75, 3.05) is 78.8 Å². The molecule has 220 valence electrons. The summed E-state index contributed by atoms with van der Waals surface area (Å²) in [6, 6.07) is 0. The second-order valence-electron chi connectivity index (χ2n) is 10.8. The molecule has 0 aromatic carbocycles. The molecule has 5 rings (SSSR count). The maximum absolute atomic E-state index is 5.90. The maximum Gasteiger partial charge on any atom is 0.0478 e. The summed E-state index contributed by atoms with van der Waals surface area (Å²) in [7, 11) is 0. The molecule has 5 aliphatic rings. The van der Waals surface area contributed by atoms with Crippen molar-refractivity contribution in [2.45, 2.75) is 25.7 Å². The molecule has 42 heavy (non-hydrogen) atoms. The number of fused-ring (bicyclic) bond motifs is 6. The van der Waals surface area contributed by atoms with Gasteiger partial charge in [0, 0.05) is 97.2 Å². The summed E-state index contributed by atoms with van der Waals surface area (Å²) in [5, 5.41) is 14.3. The molecule has 4 aliphatic carbocycles. The van der Waals surface area contributed by atoms with Crippen LogP contribution < -0.4 is 21.3 Å². The van der Waals surface area contributed by atoms with Gasteiger partial charge in [-0.3, -0.25) is 0 Å². The molecule has 0 atom stereocenters. The van der Waals surface area contributed by atoms with E-state index in [9.17, 15) is 0 Å². The van der Waals surface area contributed by atoms with E-state index in [-0.39, 0.29) is 0 Å². The zero-order valence-corrected chi connectivity index (χ0v) is 24.7. The van der Waals surface area contributed by atoms with E-state index in [1.807, 2.05) is 24.3 Å². The number of hydrogen-bond donors (Lipinski definition) is 4. The third-order valence-electron chi connectivity index (χ3n) is 7.57. The Kier molecular flexibility index (Phi) is 12.3. The fourth-order valence-corrected chi connectivity index (χ4v) is 5.42. The van der Waals surface area contributed by atoms with Gasteiger partial charge in [0.05, 0.1) is 0 Å². The third kappa shape index (κ3) is 8.90. The zero-order valence-electron chi connectivity index (χ0n) is 24.7. The molecule has 4 bridgehead atoms. The Bertz CT molecular complexity index is 1270. The summed E-state index contributed by atoms with van der Waals surface area (Å²) in [5.74, 6) is 0. The summed E-state index contributed by atoms with van der Waals surface area (Å²) >= 11 is 0. The van der Waals surface area contributed by atoms with Gasteiger partial charge in [0.25, 0.3) is 0 Å². The van der Waals surface area contributed by atoms with Crippen molar-refractivity contribution in [1.82, 2.24) is 21.3 Å². The van der Waals surface area contributed by atoms with Crippen LogP contribution in [-0.4, -0.2) is 78.8 Å². The van der Waals surface area contributed by atoms with E-state index in [2.05, 4.69) is 68.5 Å². The van der Waals surface area contributed by atoms with Gasteiger partial charge in [-0.05, 0) is 64.0 Å². The van der Waals surface area contributed by atoms with E-state index >= 15 is 0 Å². The number of nitrogens with one attached hydrogen (secondary N) is 4. The molecular formula is C36H44N4O2. The number of hydrogen-bond acceptors (Lipinski definition) is 6. The molecule has 0 fully saturated rings. The highest BCUT2D eigenvalue weighted by molar-refractivity contribution is 5.65. The molecule has 1 aliphatic heterocycles. The first-order valence-electron chi connectivity index (χ1n) is 15.6. The monoisotopic (exact) mass is 564 g/mol. The van der Waals surface area contributed by atoms with E-state index in [0.717, 1.165) is 116 Å². The first-order valence-corrected chi connectivity index (χ1v) is 15.6. The van der Waals surface area contributed by atoms with Gasteiger partial charge in [0.2, 0.25) is 0 Å². The van der Waals surface area contributed by atoms with Gasteiger partial charge < -0.3 is 30.7 Å². The van der Waals surface area contributed by atoms with Gasteiger partial charge in [0.1, 0.15) is 0 Å². The molecule has 0 spiro atoms. The van der Waals surface area contributed by atoms with Crippen LogP contribution in [0.5, 0.6) is 0 Å². The van der Waals surface area contributed by atoms with E-state index < -0.39 is 0 Å². The summed E-state index contributed by atoms with van der Waals surface area (Å²) in [6.45, 7) is 9.89. The lowest BCUT2D eigenvalue weighted by atomic mass is 10.0. The van der Waals surface area contributed by atoms with Gasteiger partial charge in [-0.25, -0.2) is 0 Å². The molecule has 0 aromatic heterocycles. The van der Waals surface area contributed by atoms with Crippen molar-refractivity contribution >= 4 is 0 Å². The lowest BCUT2D eigenvalue weighted by molar-refractivity contribution is 0.129. The molecular weight excluding hydrogens is 520 g/mol. The number of ether oxygens (including phenoxy) is 2. The van der Waals surface area contributed by atoms with Crippen LogP contribution in [0.15, 0.2) is 116 Å². The highest BCUT2D eigenvalue weighted by Gasteiger charge is 2.22. The first-order chi connectivity index (χ1) is 20.9. The van der Waals surface area contributed by atoms with Gasteiger partial charge in [-0.1, -0.05) is 36.5 Å². The minimum absolute atomic E-state index is 0.765. The molecule has 4 N–H and O–H groups in total. The highest BCUT2D eigenvalue weighted by atomic mass is 16.5. The predicted molar refractivity (Wildman–Crippen MR) is 170 cm³/mol. The van der Waals surface area contributed by atoms with Crippen LogP contribution in [0, 0.1) is 0 Å². The fourth-order valence-electron chi connectivity index (χ4n) is 5.42. The summed E-state index contributed by atoms with van der Waals surface area (Å²) in [6.07, 6.45) is 20.5. The minimum Gasteiger partial charge on any atom is -0.381 e. The molecule has 6 nitrogen and oxygen atoms in total. The van der Waals surface area contributed by atoms with Crippen molar-refractivity contribution in [3.63, 3.8) is 0 Å². The van der Waals surface area contributed by atoms with Crippen LogP contribution in [0.3, 0.4) is 0 Å². The normalized spacial score (nSPS) is 23.2. The van der Waals surface area contributed by atoms with Crippen LogP contribution in [-0.2, 0) is 9.47 Å². The van der Waals surface area contributed by atoms with Crippen LogP contribution >= 0.6 is 0 Å². The zero-order chi connectivity index (χ0) is 28.7. The average Bonchev–Trinajstić information content (AvgIpc) is 3.24. The van der Waals surface area contributed by atoms with E-state index in [0.29, 0.717) is 0 Å². The van der Waals surface area contributed by atoms with Crippen LogP contribution in [0.1, 0.15) is 25.7 Å². The molecule has 0 saturated carbocycles. The summed E-state index contributed by atoms with van der Waals surface area (Å²) in [5.41, 5.74) is 23.8. The minimum atomic E-state index is 0.765. The molecule has 0 unspecified atom stereocenters. The Morgan fingerprint density at radius 2 is 0.857 bits per heavy atom. The lowest BCUT2D eigenvalue weighted by Crippen LogP contribution is -2.22. The standard InChI is InChI=1S/C36H44N4O2/c1-3-11-33-29-23-30(34(33)12-4-1)26-38-16-8-20-42-22-10-18-40-28-32-24-31(35-13-5-2-6-14-36(32)35)27-39-17-9-21-41-19-7-15-37-25-29/h1-6,11,13,37-40H,7-10,15-22,25-28H2. The SMILES string of the molecule is C1=C2CNCCCOCCCNCC3=C=C(CNCCCOCCCNCC=1C1=CC=CC=C=C21)C1=CC=CC=C=C31. The molecule has 0 saturated heterocycles. The Hall–Kier alpha value is -3.20. The van der Waals surface area contributed by atoms with Crippen molar-refractivity contribution in [2.24, 2.45) is 0 Å². The van der Waals surface area contributed by atoms with Crippen LogP contribution in [0.4, 0.5) is 0 Å². The number of allylic oxidation sites excluding steroid dienone is 6. The van der Waals surface area contributed by atoms with Gasteiger partial charge in [0.15, 0.2) is 0 Å². The largest absolute Gasteiger partial charge is 0.381 e. The van der Waals surface area contributed by atoms with Gasteiger partial charge in [-0.15, -0.1) is 22.9 Å². The smallest absolute Gasteiger partial charge is 0.0478 e. The quantitative estimate of drug-likeness (QED) is 0.333. The lowest BCUT2D eigenvalue weighted by Gasteiger charge is -2.11. The average molecular weight is 565 g/mol. The summed E-state index contributed by atoms with van der Waals surface area (Å²) < 4.78 is 11.8. The molecule has 6 heteroatoms. The second kappa shape index (κ2) is 17.0. The first kappa shape index (κ1) is 30.3. The Morgan fingerprint density at radius 3 is 1.26 bits per heavy atom. The van der Waals surface area contributed by atoms with Gasteiger partial charge >= 0.3 is 0 Å². The fraction of sp³-hybridized carbons (Fsp3) is 0.444. The van der Waals surface area contributed by atoms with E-state index in [1.165, 1.54) is 33.4 Å². The highest BCUT2D eigenvalue weighted by Crippen LogP contribution is 2.32. The van der Waals surface area contributed by atoms with Crippen molar-refractivity contribution in [3.05, 3.63) is 116 Å². The van der Waals surface area contributed by atoms with Crippen molar-refractivity contribution < 1.29 is 9.47 Å². The molecule has 0 radical (unpaired) electrons. The summed E-state index contributed by atoms with van der Waals surface area (Å²) in [4.78, 5) is 0. The van der Waals surface area contributed by atoms with Crippen molar-refractivity contribution in [3.8, 4) is 0 Å². The van der Waals surface area contributed by atoms with Crippen LogP contribution in [0.25, 0.3) is 0 Å². The molecule has 1 heterocycles. The topological polar surface area (TPSA) is 66.6 Å². The number of rotatable bonds is 0. The molecule has 0 aromatic rings.